The van der Waals surface area contributed by atoms with E-state index in [1.165, 1.54) is 12.1 Å². The Morgan fingerprint density at radius 3 is 2.38 bits per heavy atom. The maximum Gasteiger partial charge on any atom is 0.411 e. The SMILES string of the molecule is COC(=O)C(=O)CC(=O)c1cccc(NC(=O)OCc2ccccc2)c1. The first kappa shape index (κ1) is 18.9. The molecule has 0 bridgehead atoms. The molecule has 0 radical (unpaired) electrons. The smallest absolute Gasteiger partial charge is 0.411 e. The zero-order valence-electron chi connectivity index (χ0n) is 14.1. The van der Waals surface area contributed by atoms with Crippen molar-refractivity contribution in [2.24, 2.45) is 0 Å². The second-order valence-corrected chi connectivity index (χ2v) is 5.28. The number of esters is 1. The summed E-state index contributed by atoms with van der Waals surface area (Å²) in [6, 6.07) is 15.2. The summed E-state index contributed by atoms with van der Waals surface area (Å²) < 4.78 is 9.37. The minimum absolute atomic E-state index is 0.110. The molecular formula is C19H17NO6. The highest BCUT2D eigenvalue weighted by atomic mass is 16.5. The number of anilines is 1. The number of Topliss-reactive ketones (excluding diaryl/α,β-unsaturated/α-hetero) is 2. The van der Waals surface area contributed by atoms with Gasteiger partial charge in [0, 0.05) is 11.3 Å². The van der Waals surface area contributed by atoms with Crippen molar-refractivity contribution in [3.63, 3.8) is 0 Å². The number of amides is 1. The van der Waals surface area contributed by atoms with Crippen molar-refractivity contribution in [1.82, 2.24) is 0 Å². The Kier molecular flexibility index (Phi) is 6.61. The van der Waals surface area contributed by atoms with Crippen molar-refractivity contribution in [1.29, 1.82) is 0 Å². The third-order valence-electron chi connectivity index (χ3n) is 3.38. The fraction of sp³-hybridized carbons (Fsp3) is 0.158. The summed E-state index contributed by atoms with van der Waals surface area (Å²) in [5.41, 5.74) is 1.36. The van der Waals surface area contributed by atoms with Gasteiger partial charge in [-0.1, -0.05) is 42.5 Å². The maximum absolute atomic E-state index is 12.1. The third-order valence-corrected chi connectivity index (χ3v) is 3.38. The van der Waals surface area contributed by atoms with Gasteiger partial charge in [0.05, 0.1) is 13.5 Å². The van der Waals surface area contributed by atoms with Crippen LogP contribution in [-0.2, 0) is 25.7 Å². The van der Waals surface area contributed by atoms with E-state index in [-0.39, 0.29) is 12.2 Å². The number of rotatable bonds is 7. The standard InChI is InChI=1S/C19H17NO6/c1-25-18(23)17(22)11-16(21)14-8-5-9-15(10-14)20-19(24)26-12-13-6-3-2-4-7-13/h2-10H,11-12H2,1H3,(H,20,24). The molecule has 0 fully saturated rings. The lowest BCUT2D eigenvalue weighted by atomic mass is 10.1. The normalized spacial score (nSPS) is 9.88. The molecule has 7 heteroatoms. The van der Waals surface area contributed by atoms with E-state index in [1.807, 2.05) is 30.3 Å². The van der Waals surface area contributed by atoms with E-state index < -0.39 is 30.0 Å². The Balaban J connectivity index is 1.93. The van der Waals surface area contributed by atoms with Gasteiger partial charge in [-0.3, -0.25) is 14.9 Å². The molecule has 0 spiro atoms. The van der Waals surface area contributed by atoms with Crippen LogP contribution in [0.5, 0.6) is 0 Å². The van der Waals surface area contributed by atoms with Gasteiger partial charge in [0.1, 0.15) is 6.61 Å². The van der Waals surface area contributed by atoms with Crippen LogP contribution in [0.3, 0.4) is 0 Å². The van der Waals surface area contributed by atoms with Gasteiger partial charge in [0.15, 0.2) is 5.78 Å². The molecule has 2 aromatic carbocycles. The minimum atomic E-state index is -1.07. The molecule has 2 rings (SSSR count). The molecule has 0 aliphatic carbocycles. The first-order chi connectivity index (χ1) is 12.5. The average molecular weight is 355 g/mol. The van der Waals surface area contributed by atoms with Crippen LogP contribution in [-0.4, -0.2) is 30.7 Å². The van der Waals surface area contributed by atoms with Crippen LogP contribution in [0.25, 0.3) is 0 Å². The average Bonchev–Trinajstić information content (AvgIpc) is 2.66. The number of methoxy groups -OCH3 is 1. The fourth-order valence-electron chi connectivity index (χ4n) is 2.08. The Bertz CT molecular complexity index is 816. The summed E-state index contributed by atoms with van der Waals surface area (Å²) in [4.78, 5) is 46.4. The van der Waals surface area contributed by atoms with E-state index in [0.29, 0.717) is 5.69 Å². The highest BCUT2D eigenvalue weighted by Gasteiger charge is 2.19. The molecule has 0 aromatic heterocycles. The van der Waals surface area contributed by atoms with E-state index in [2.05, 4.69) is 10.1 Å². The van der Waals surface area contributed by atoms with Crippen molar-refractivity contribution in [2.75, 3.05) is 12.4 Å². The van der Waals surface area contributed by atoms with E-state index >= 15 is 0 Å². The minimum Gasteiger partial charge on any atom is -0.463 e. The van der Waals surface area contributed by atoms with Gasteiger partial charge in [-0.25, -0.2) is 9.59 Å². The Morgan fingerprint density at radius 2 is 1.69 bits per heavy atom. The van der Waals surface area contributed by atoms with E-state index in [0.717, 1.165) is 12.7 Å². The van der Waals surface area contributed by atoms with Crippen LogP contribution < -0.4 is 5.32 Å². The van der Waals surface area contributed by atoms with Crippen LogP contribution >= 0.6 is 0 Å². The van der Waals surface area contributed by atoms with Crippen LogP contribution in [0.4, 0.5) is 10.5 Å². The third kappa shape index (κ3) is 5.55. The topological polar surface area (TPSA) is 98.8 Å². The van der Waals surface area contributed by atoms with E-state index in [9.17, 15) is 19.2 Å². The molecule has 1 amide bonds. The Morgan fingerprint density at radius 1 is 0.962 bits per heavy atom. The Labute approximate surface area is 149 Å². The number of carbonyl (C=O) groups is 4. The molecule has 0 heterocycles. The molecule has 26 heavy (non-hydrogen) atoms. The monoisotopic (exact) mass is 355 g/mol. The van der Waals surface area contributed by atoms with Crippen LogP contribution in [0.1, 0.15) is 22.3 Å². The van der Waals surface area contributed by atoms with Crippen molar-refractivity contribution >= 4 is 29.3 Å². The number of nitrogens with one attached hydrogen (secondary N) is 1. The van der Waals surface area contributed by atoms with Crippen molar-refractivity contribution < 1.29 is 28.7 Å². The molecule has 0 saturated carbocycles. The number of carbonyl (C=O) groups excluding carboxylic acids is 4. The molecule has 0 unspecified atom stereocenters. The highest BCUT2D eigenvalue weighted by Crippen LogP contribution is 2.13. The highest BCUT2D eigenvalue weighted by molar-refractivity contribution is 6.38. The van der Waals surface area contributed by atoms with Crippen molar-refractivity contribution in [3.05, 3.63) is 65.7 Å². The summed E-state index contributed by atoms with van der Waals surface area (Å²) in [7, 11) is 1.07. The number of ether oxygens (including phenoxy) is 2. The Hall–Kier alpha value is -3.48. The molecule has 0 aliphatic heterocycles. The second-order valence-electron chi connectivity index (χ2n) is 5.28. The lowest BCUT2D eigenvalue weighted by Gasteiger charge is -2.08. The predicted molar refractivity (Wildman–Crippen MR) is 92.7 cm³/mol. The van der Waals surface area contributed by atoms with Gasteiger partial charge in [-0.15, -0.1) is 0 Å². The first-order valence-corrected chi connectivity index (χ1v) is 7.71. The lowest BCUT2D eigenvalue weighted by Crippen LogP contribution is -2.19. The van der Waals surface area contributed by atoms with Gasteiger partial charge in [0.2, 0.25) is 5.78 Å². The molecule has 1 N–H and O–H groups in total. The van der Waals surface area contributed by atoms with E-state index in [4.69, 9.17) is 4.74 Å². The van der Waals surface area contributed by atoms with Crippen LogP contribution in [0.2, 0.25) is 0 Å². The van der Waals surface area contributed by atoms with Crippen molar-refractivity contribution in [2.45, 2.75) is 13.0 Å². The second kappa shape index (κ2) is 9.12. The van der Waals surface area contributed by atoms with Gasteiger partial charge in [0.25, 0.3) is 0 Å². The van der Waals surface area contributed by atoms with Gasteiger partial charge in [-0.2, -0.15) is 0 Å². The van der Waals surface area contributed by atoms with Gasteiger partial charge in [-0.05, 0) is 17.7 Å². The summed E-state index contributed by atoms with van der Waals surface area (Å²) in [5, 5.41) is 2.50. The van der Waals surface area contributed by atoms with Gasteiger partial charge >= 0.3 is 12.1 Å². The summed E-state index contributed by atoms with van der Waals surface area (Å²) in [5.74, 6) is -2.56. The zero-order chi connectivity index (χ0) is 18.9. The molecular weight excluding hydrogens is 338 g/mol. The quantitative estimate of drug-likeness (QED) is 0.355. The molecule has 0 atom stereocenters. The molecule has 0 aliphatic rings. The lowest BCUT2D eigenvalue weighted by molar-refractivity contribution is -0.151. The number of benzene rings is 2. The van der Waals surface area contributed by atoms with Crippen LogP contribution in [0.15, 0.2) is 54.6 Å². The first-order valence-electron chi connectivity index (χ1n) is 7.71. The van der Waals surface area contributed by atoms with E-state index in [1.54, 1.807) is 12.1 Å². The number of hydrogen-bond acceptors (Lipinski definition) is 6. The number of hydrogen-bond donors (Lipinski definition) is 1. The summed E-state index contributed by atoms with van der Waals surface area (Å²) in [6.45, 7) is 0.110. The zero-order valence-corrected chi connectivity index (χ0v) is 14.1. The van der Waals surface area contributed by atoms with Crippen LogP contribution in [0, 0.1) is 0 Å². The molecule has 134 valence electrons. The largest absolute Gasteiger partial charge is 0.463 e. The van der Waals surface area contributed by atoms with Crippen molar-refractivity contribution in [3.8, 4) is 0 Å². The number of ketones is 2. The molecule has 7 nitrogen and oxygen atoms in total. The predicted octanol–water partition coefficient (Wildman–Crippen LogP) is 2.75. The molecule has 0 saturated heterocycles. The maximum atomic E-state index is 12.1. The molecule has 2 aromatic rings. The van der Waals surface area contributed by atoms with Gasteiger partial charge < -0.3 is 9.47 Å². The summed E-state index contributed by atoms with van der Waals surface area (Å²) in [6.07, 6.45) is -1.28. The summed E-state index contributed by atoms with van der Waals surface area (Å²) >= 11 is 0. The fourth-order valence-corrected chi connectivity index (χ4v) is 2.08.